The quantitative estimate of drug-likeness (QED) is 0.557. The van der Waals surface area contributed by atoms with Crippen molar-refractivity contribution in [3.8, 4) is 5.75 Å². The van der Waals surface area contributed by atoms with Crippen molar-refractivity contribution in [2.45, 2.75) is 33.1 Å². The molecule has 6 nitrogen and oxygen atoms in total. The first kappa shape index (κ1) is 23.5. The summed E-state index contributed by atoms with van der Waals surface area (Å²) in [6.45, 7) is 4.82. The summed E-state index contributed by atoms with van der Waals surface area (Å²) in [4.78, 5) is 32.7. The van der Waals surface area contributed by atoms with Gasteiger partial charge in [0.05, 0.1) is 30.4 Å². The first-order chi connectivity index (χ1) is 16.5. The first-order valence-electron chi connectivity index (χ1n) is 11.9. The van der Waals surface area contributed by atoms with Crippen molar-refractivity contribution >= 4 is 34.4 Å². The Bertz CT molecular complexity index is 1230. The Hall–Kier alpha value is -3.67. The van der Waals surface area contributed by atoms with Crippen molar-refractivity contribution in [2.24, 2.45) is 0 Å². The second-order valence-corrected chi connectivity index (χ2v) is 8.40. The van der Waals surface area contributed by atoms with Crippen molar-refractivity contribution in [2.75, 3.05) is 26.7 Å². The second-order valence-electron chi connectivity index (χ2n) is 8.40. The number of benzene rings is 2. The minimum Gasteiger partial charge on any atom is -0.497 e. The minimum absolute atomic E-state index is 0.0448. The van der Waals surface area contributed by atoms with Gasteiger partial charge in [-0.05, 0) is 74.1 Å². The van der Waals surface area contributed by atoms with Crippen LogP contribution in [0.4, 0.5) is 0 Å². The molecule has 1 N–H and O–H groups in total. The van der Waals surface area contributed by atoms with Crippen molar-refractivity contribution in [3.63, 3.8) is 0 Å². The summed E-state index contributed by atoms with van der Waals surface area (Å²) in [7, 11) is 1.66. The molecule has 176 valence electrons. The van der Waals surface area contributed by atoms with Crippen LogP contribution in [0.1, 0.15) is 53.9 Å². The van der Waals surface area contributed by atoms with Crippen LogP contribution in [0, 0.1) is 0 Å². The lowest BCUT2D eigenvalue weighted by molar-refractivity contribution is -0.121. The number of methoxy groups -OCH3 is 1. The monoisotopic (exact) mass is 457 g/mol. The van der Waals surface area contributed by atoms with Gasteiger partial charge in [-0.25, -0.2) is 4.98 Å². The molecule has 0 saturated carbocycles. The van der Waals surface area contributed by atoms with Gasteiger partial charge in [-0.1, -0.05) is 30.3 Å². The maximum Gasteiger partial charge on any atom is 0.255 e. The molecule has 6 heteroatoms. The Balaban J connectivity index is 1.82. The predicted molar refractivity (Wildman–Crippen MR) is 136 cm³/mol. The Morgan fingerprint density at radius 2 is 1.85 bits per heavy atom. The number of allylic oxidation sites excluding steroid dienone is 1. The van der Waals surface area contributed by atoms with Crippen LogP contribution in [0.2, 0.25) is 0 Å². The number of pyridine rings is 1. The third-order valence-electron chi connectivity index (χ3n) is 6.22. The van der Waals surface area contributed by atoms with Crippen LogP contribution in [-0.4, -0.2) is 48.4 Å². The standard InChI is InChI=1S/C28H31N3O3/c1-4-29-25(32)18-31(5-2)28(33)26-22-10-6-7-12-24(22)30-27-20(9-8-11-23(26)27)17-19-13-15-21(34-3)16-14-19/h6-7,10,12-17H,4-5,8-9,11,18H2,1-3H3,(H,29,32)/b20-17-. The van der Waals surface area contributed by atoms with E-state index in [1.165, 1.54) is 0 Å². The normalized spacial score (nSPS) is 14.0. The number of nitrogens with zero attached hydrogens (tertiary/aromatic N) is 2. The maximum absolute atomic E-state index is 13.8. The Labute approximate surface area is 200 Å². The molecule has 0 saturated heterocycles. The smallest absolute Gasteiger partial charge is 0.255 e. The molecule has 0 unspecified atom stereocenters. The molecule has 0 aliphatic heterocycles. The number of fused-ring (bicyclic) bond motifs is 2. The van der Waals surface area contributed by atoms with Gasteiger partial charge in [-0.2, -0.15) is 0 Å². The average molecular weight is 458 g/mol. The summed E-state index contributed by atoms with van der Waals surface area (Å²) in [5, 5.41) is 3.63. The van der Waals surface area contributed by atoms with Gasteiger partial charge in [0.2, 0.25) is 5.91 Å². The van der Waals surface area contributed by atoms with Crippen molar-refractivity contribution in [1.29, 1.82) is 0 Å². The molecule has 0 fully saturated rings. The van der Waals surface area contributed by atoms with Gasteiger partial charge in [-0.15, -0.1) is 0 Å². The molecule has 0 atom stereocenters. The zero-order valence-corrected chi connectivity index (χ0v) is 20.1. The highest BCUT2D eigenvalue weighted by Gasteiger charge is 2.28. The number of likely N-dealkylation sites (N-methyl/N-ethyl adjacent to an activating group) is 2. The Kier molecular flexibility index (Phi) is 7.26. The first-order valence-corrected chi connectivity index (χ1v) is 11.9. The average Bonchev–Trinajstić information content (AvgIpc) is 2.86. The van der Waals surface area contributed by atoms with Crippen molar-refractivity contribution in [1.82, 2.24) is 15.2 Å². The fourth-order valence-electron chi connectivity index (χ4n) is 4.53. The molecule has 1 aliphatic rings. The second kappa shape index (κ2) is 10.5. The van der Waals surface area contributed by atoms with Crippen molar-refractivity contribution < 1.29 is 14.3 Å². The lowest BCUT2D eigenvalue weighted by atomic mass is 9.85. The van der Waals surface area contributed by atoms with Crippen LogP contribution < -0.4 is 10.1 Å². The SMILES string of the molecule is CCNC(=O)CN(CC)C(=O)c1c2c(nc3ccccc13)/C(=C\c1ccc(OC)cc1)CCC2. The summed E-state index contributed by atoms with van der Waals surface area (Å²) >= 11 is 0. The number of amides is 2. The number of para-hydroxylation sites is 1. The van der Waals surface area contributed by atoms with E-state index in [0.29, 0.717) is 18.7 Å². The molecule has 4 rings (SSSR count). The van der Waals surface area contributed by atoms with E-state index in [9.17, 15) is 9.59 Å². The van der Waals surface area contributed by atoms with Gasteiger partial charge in [0, 0.05) is 18.5 Å². The molecule has 0 spiro atoms. The minimum atomic E-state index is -0.148. The number of hydrogen-bond acceptors (Lipinski definition) is 4. The number of hydrogen-bond donors (Lipinski definition) is 1. The highest BCUT2D eigenvalue weighted by molar-refractivity contribution is 6.09. The number of ether oxygens (including phenoxy) is 1. The van der Waals surface area contributed by atoms with Gasteiger partial charge < -0.3 is 15.0 Å². The van der Waals surface area contributed by atoms with Crippen LogP contribution in [-0.2, 0) is 11.2 Å². The molecular formula is C28H31N3O3. The number of aromatic nitrogens is 1. The van der Waals surface area contributed by atoms with Crippen LogP contribution in [0.3, 0.4) is 0 Å². The molecule has 34 heavy (non-hydrogen) atoms. The molecule has 1 aliphatic carbocycles. The number of rotatable bonds is 7. The maximum atomic E-state index is 13.8. The van der Waals surface area contributed by atoms with E-state index >= 15 is 0 Å². The van der Waals surface area contributed by atoms with E-state index in [0.717, 1.165) is 58.3 Å². The number of carbonyl (C=O) groups is 2. The number of nitrogens with one attached hydrogen (secondary N) is 1. The van der Waals surface area contributed by atoms with E-state index in [-0.39, 0.29) is 18.4 Å². The van der Waals surface area contributed by atoms with Gasteiger partial charge in [0.15, 0.2) is 0 Å². The van der Waals surface area contributed by atoms with E-state index < -0.39 is 0 Å². The predicted octanol–water partition coefficient (Wildman–Crippen LogP) is 4.72. The largest absolute Gasteiger partial charge is 0.497 e. The van der Waals surface area contributed by atoms with Crippen molar-refractivity contribution in [3.05, 3.63) is 70.9 Å². The fraction of sp³-hybridized carbons (Fsp3) is 0.321. The fourth-order valence-corrected chi connectivity index (χ4v) is 4.53. The zero-order chi connectivity index (χ0) is 24.1. The zero-order valence-electron chi connectivity index (χ0n) is 20.1. The van der Waals surface area contributed by atoms with E-state index in [1.54, 1.807) is 12.0 Å². The van der Waals surface area contributed by atoms with Gasteiger partial charge in [0.25, 0.3) is 5.91 Å². The third-order valence-corrected chi connectivity index (χ3v) is 6.22. The third kappa shape index (κ3) is 4.81. The molecular weight excluding hydrogens is 426 g/mol. The Morgan fingerprint density at radius 1 is 1.09 bits per heavy atom. The summed E-state index contributed by atoms with van der Waals surface area (Å²) in [5.41, 5.74) is 5.52. The van der Waals surface area contributed by atoms with Crippen LogP contribution in [0.25, 0.3) is 22.6 Å². The number of carbonyl (C=O) groups excluding carboxylic acids is 2. The van der Waals surface area contributed by atoms with E-state index in [1.807, 2.05) is 62.4 Å². The van der Waals surface area contributed by atoms with E-state index in [4.69, 9.17) is 9.72 Å². The van der Waals surface area contributed by atoms with E-state index in [2.05, 4.69) is 11.4 Å². The summed E-state index contributed by atoms with van der Waals surface area (Å²) in [6.07, 6.45) is 4.78. The Morgan fingerprint density at radius 3 is 2.56 bits per heavy atom. The van der Waals surface area contributed by atoms with Gasteiger partial charge >= 0.3 is 0 Å². The summed E-state index contributed by atoms with van der Waals surface area (Å²) in [5.74, 6) is 0.550. The van der Waals surface area contributed by atoms with Gasteiger partial charge in [-0.3, -0.25) is 9.59 Å². The topological polar surface area (TPSA) is 71.5 Å². The highest BCUT2D eigenvalue weighted by Crippen LogP contribution is 2.36. The molecule has 2 amide bonds. The lowest BCUT2D eigenvalue weighted by Gasteiger charge is -2.26. The summed E-state index contributed by atoms with van der Waals surface area (Å²) in [6, 6.07) is 15.7. The van der Waals surface area contributed by atoms with Crippen LogP contribution >= 0.6 is 0 Å². The van der Waals surface area contributed by atoms with Crippen LogP contribution in [0.15, 0.2) is 48.5 Å². The molecule has 0 radical (unpaired) electrons. The molecule has 1 heterocycles. The molecule has 2 aromatic carbocycles. The lowest BCUT2D eigenvalue weighted by Crippen LogP contribution is -2.41. The highest BCUT2D eigenvalue weighted by atomic mass is 16.5. The molecule has 3 aromatic rings. The summed E-state index contributed by atoms with van der Waals surface area (Å²) < 4.78 is 5.28. The van der Waals surface area contributed by atoms with Gasteiger partial charge in [0.1, 0.15) is 5.75 Å². The molecule has 0 bridgehead atoms. The van der Waals surface area contributed by atoms with Crippen LogP contribution in [0.5, 0.6) is 5.75 Å². The molecule has 1 aromatic heterocycles.